The third-order valence-corrected chi connectivity index (χ3v) is 14.7. The highest BCUT2D eigenvalue weighted by atomic mass is 32.1. The molecule has 4 heterocycles. The highest BCUT2D eigenvalue weighted by Gasteiger charge is 2.37. The number of hydrogen-bond acceptors (Lipinski definition) is 3. The van der Waals surface area contributed by atoms with Crippen LogP contribution >= 0.6 is 11.3 Å². The molecule has 5 heteroatoms. The molecule has 0 fully saturated rings. The van der Waals surface area contributed by atoms with Gasteiger partial charge in [0.2, 0.25) is 0 Å². The number of furan rings is 1. The van der Waals surface area contributed by atoms with E-state index in [1.54, 1.807) is 0 Å². The van der Waals surface area contributed by atoms with E-state index in [1.165, 1.54) is 103 Å². The van der Waals surface area contributed by atoms with E-state index in [-0.39, 0.29) is 10.8 Å². The molecule has 1 aliphatic heterocycles. The van der Waals surface area contributed by atoms with Gasteiger partial charge in [-0.3, -0.25) is 0 Å². The molecule has 60 heavy (non-hydrogen) atoms. The molecule has 2 aliphatic rings. The third kappa shape index (κ3) is 4.61. The molecule has 1 N–H and O–H groups in total. The van der Waals surface area contributed by atoms with Crippen molar-refractivity contribution < 1.29 is 4.42 Å². The average Bonchev–Trinajstić information content (AvgIpc) is 3.97. The van der Waals surface area contributed by atoms with Crippen LogP contribution in [0, 0.1) is 0 Å². The zero-order valence-corrected chi connectivity index (χ0v) is 35.0. The van der Waals surface area contributed by atoms with Crippen molar-refractivity contribution in [1.29, 1.82) is 0 Å². The molecule has 0 spiro atoms. The Labute approximate surface area is 353 Å². The predicted octanol–water partition coefficient (Wildman–Crippen LogP) is 14.0. The highest BCUT2D eigenvalue weighted by molar-refractivity contribution is 7.25. The van der Waals surface area contributed by atoms with Gasteiger partial charge in [0.25, 0.3) is 0 Å². The lowest BCUT2D eigenvalue weighted by molar-refractivity contribution is 0.590. The smallest absolute Gasteiger partial charge is 0.197 e. The molecule has 0 amide bonds. The zero-order chi connectivity index (χ0) is 40.2. The quantitative estimate of drug-likeness (QED) is 0.181. The number of aromatic nitrogens is 1. The molecule has 11 aromatic rings. The third-order valence-electron chi connectivity index (χ3n) is 13.6. The first-order valence-electron chi connectivity index (χ1n) is 21.0. The van der Waals surface area contributed by atoms with Crippen molar-refractivity contribution in [3.05, 3.63) is 162 Å². The topological polar surface area (TPSA) is 30.1 Å². The van der Waals surface area contributed by atoms with E-state index in [4.69, 9.17) is 4.42 Å². The summed E-state index contributed by atoms with van der Waals surface area (Å²) in [7, 11) is 2.47. The van der Waals surface area contributed by atoms with Crippen LogP contribution in [0.5, 0.6) is 0 Å². The maximum atomic E-state index is 6.51. The van der Waals surface area contributed by atoms with Gasteiger partial charge in [-0.05, 0) is 104 Å². The predicted molar refractivity (Wildman–Crippen MR) is 257 cm³/mol. The number of hydrogen-bond donors (Lipinski definition) is 1. The largest absolute Gasteiger partial charge is 0.456 e. The monoisotopic (exact) mass is 787 g/mol. The number of nitrogens with one attached hydrogen (secondary N) is 1. The molecule has 0 saturated heterocycles. The van der Waals surface area contributed by atoms with Gasteiger partial charge in [-0.15, -0.1) is 11.3 Å². The van der Waals surface area contributed by atoms with E-state index >= 15 is 0 Å². The summed E-state index contributed by atoms with van der Waals surface area (Å²) in [4.78, 5) is 0. The molecule has 3 nitrogen and oxygen atoms in total. The van der Waals surface area contributed by atoms with Gasteiger partial charge in [-0.25, -0.2) is 0 Å². The van der Waals surface area contributed by atoms with Crippen LogP contribution in [0.4, 0.5) is 11.4 Å². The number of para-hydroxylation sites is 1. The number of benzene rings is 8. The summed E-state index contributed by atoms with van der Waals surface area (Å²) in [6.45, 7) is 11.6. The lowest BCUT2D eigenvalue weighted by Gasteiger charge is -2.26. The van der Waals surface area contributed by atoms with Crippen molar-refractivity contribution in [2.45, 2.75) is 45.4 Å². The van der Waals surface area contributed by atoms with E-state index in [0.717, 1.165) is 27.9 Å². The molecule has 8 aromatic carbocycles. The fourth-order valence-electron chi connectivity index (χ4n) is 10.6. The van der Waals surface area contributed by atoms with Crippen molar-refractivity contribution in [2.75, 3.05) is 5.32 Å². The molecule has 1 aliphatic carbocycles. The van der Waals surface area contributed by atoms with Gasteiger partial charge in [0, 0.05) is 69.9 Å². The summed E-state index contributed by atoms with van der Waals surface area (Å²) in [6.07, 6.45) is 0. The van der Waals surface area contributed by atoms with Crippen molar-refractivity contribution in [1.82, 2.24) is 4.57 Å². The fraction of sp³-hybridized carbons (Fsp3) is 0.127. The first-order chi connectivity index (χ1) is 29.1. The minimum atomic E-state index is -0.139. The Kier molecular flexibility index (Phi) is 6.75. The van der Waals surface area contributed by atoms with Crippen LogP contribution in [0.15, 0.2) is 150 Å². The van der Waals surface area contributed by atoms with E-state index in [1.807, 2.05) is 11.3 Å². The second-order valence-electron chi connectivity index (χ2n) is 18.4. The Morgan fingerprint density at radius 3 is 2.23 bits per heavy atom. The Balaban J connectivity index is 1.13. The summed E-state index contributed by atoms with van der Waals surface area (Å²) in [5.74, 6) is 0. The van der Waals surface area contributed by atoms with Crippen LogP contribution in [0.2, 0.25) is 0 Å². The van der Waals surface area contributed by atoms with Crippen molar-refractivity contribution in [3.8, 4) is 27.9 Å². The molecule has 3 aromatic heterocycles. The normalized spacial score (nSPS) is 14.0. The molecular formula is C55H40BN2OS. The summed E-state index contributed by atoms with van der Waals surface area (Å²) in [5, 5.41) is 11.4. The minimum Gasteiger partial charge on any atom is -0.456 e. The minimum absolute atomic E-state index is 0.0743. The molecule has 0 saturated carbocycles. The summed E-state index contributed by atoms with van der Waals surface area (Å²) < 4.78 is 11.7. The summed E-state index contributed by atoms with van der Waals surface area (Å²) >= 11 is 1.88. The average molecular weight is 788 g/mol. The van der Waals surface area contributed by atoms with Crippen LogP contribution in [-0.4, -0.2) is 11.8 Å². The van der Waals surface area contributed by atoms with Crippen molar-refractivity contribution in [2.24, 2.45) is 0 Å². The lowest BCUT2D eigenvalue weighted by atomic mass is 9.59. The lowest BCUT2D eigenvalue weighted by Crippen LogP contribution is -2.37. The number of thiophene rings is 1. The Hall–Kier alpha value is -6.56. The summed E-state index contributed by atoms with van der Waals surface area (Å²) in [6, 6.07) is 54.2. The molecule has 285 valence electrons. The summed E-state index contributed by atoms with van der Waals surface area (Å²) in [5.41, 5.74) is 19.1. The first kappa shape index (κ1) is 34.3. The molecule has 0 unspecified atom stereocenters. The molecular weight excluding hydrogens is 747 g/mol. The van der Waals surface area contributed by atoms with Gasteiger partial charge in [-0.2, -0.15) is 0 Å². The van der Waals surface area contributed by atoms with Gasteiger partial charge < -0.3 is 14.3 Å². The zero-order valence-electron chi connectivity index (χ0n) is 34.2. The van der Waals surface area contributed by atoms with Crippen LogP contribution < -0.4 is 16.2 Å². The highest BCUT2D eigenvalue weighted by Crippen LogP contribution is 2.52. The van der Waals surface area contributed by atoms with Crippen LogP contribution in [0.3, 0.4) is 0 Å². The van der Waals surface area contributed by atoms with E-state index < -0.39 is 0 Å². The van der Waals surface area contributed by atoms with Crippen molar-refractivity contribution >= 4 is 105 Å². The van der Waals surface area contributed by atoms with Gasteiger partial charge in [0.05, 0.1) is 5.52 Å². The number of anilines is 2. The standard InChI is InChI=1S/C55H40BN2OS/c1-54(2,3)30-18-20-31(21-19-30)57-43-28-41-37(32-12-6-9-15-40(32)55(41,4)5)26-38(43)34-22-23-36-50-44(24-25-47-51(50)35-14-7-10-16-46(35)59-47)58-45-29-49-39(27-42(45)56-52(34)53(36)58)33-13-8-11-17-48(33)60-49/h6-29,57H,1-5H3. The van der Waals surface area contributed by atoms with Gasteiger partial charge in [0.15, 0.2) is 7.28 Å². The molecule has 1 radical (unpaired) electrons. The maximum Gasteiger partial charge on any atom is 0.197 e. The number of rotatable bonds is 3. The maximum absolute atomic E-state index is 6.51. The van der Waals surface area contributed by atoms with E-state index in [2.05, 4.69) is 197 Å². The van der Waals surface area contributed by atoms with Gasteiger partial charge >= 0.3 is 0 Å². The second kappa shape index (κ2) is 11.8. The first-order valence-corrected chi connectivity index (χ1v) is 21.8. The molecule has 0 bridgehead atoms. The Bertz CT molecular complexity index is 3670. The fourth-order valence-corrected chi connectivity index (χ4v) is 11.7. The molecule has 0 atom stereocenters. The second-order valence-corrected chi connectivity index (χ2v) is 19.5. The van der Waals surface area contributed by atoms with Crippen LogP contribution in [0.1, 0.15) is 51.3 Å². The van der Waals surface area contributed by atoms with Crippen LogP contribution in [0.25, 0.3) is 91.9 Å². The SMILES string of the molecule is CC(C)(C)c1ccc(Nc2cc3c(cc2-c2ccc4c5c6c(ccc5n5c4c2[B]c2cc4c(cc2-5)sc2ccccc24)oc2ccccc26)-c2ccccc2C3(C)C)cc1. The number of fused-ring (bicyclic) bond motifs is 15. The Morgan fingerprint density at radius 1 is 0.600 bits per heavy atom. The van der Waals surface area contributed by atoms with Crippen LogP contribution in [-0.2, 0) is 10.8 Å². The van der Waals surface area contributed by atoms with Gasteiger partial charge in [0.1, 0.15) is 11.2 Å². The van der Waals surface area contributed by atoms with E-state index in [0.29, 0.717) is 0 Å². The Morgan fingerprint density at radius 2 is 1.38 bits per heavy atom. The van der Waals surface area contributed by atoms with E-state index in [9.17, 15) is 0 Å². The van der Waals surface area contributed by atoms with Gasteiger partial charge in [-0.1, -0.05) is 131 Å². The van der Waals surface area contributed by atoms with Crippen molar-refractivity contribution in [3.63, 3.8) is 0 Å². The molecule has 13 rings (SSSR count). The number of nitrogens with zero attached hydrogens (tertiary/aromatic N) is 1.